The summed E-state index contributed by atoms with van der Waals surface area (Å²) in [6.07, 6.45) is 4.42. The molecule has 0 spiro atoms. The maximum Gasteiger partial charge on any atom is 0.254 e. The molecule has 0 unspecified atom stereocenters. The largest absolute Gasteiger partial charge is 0.491 e. The van der Waals surface area contributed by atoms with Crippen LogP contribution in [0.15, 0.2) is 72.9 Å². The van der Waals surface area contributed by atoms with Gasteiger partial charge in [0.05, 0.1) is 12.1 Å². The van der Waals surface area contributed by atoms with Gasteiger partial charge in [-0.05, 0) is 54.8 Å². The molecule has 0 radical (unpaired) electrons. The van der Waals surface area contributed by atoms with E-state index in [1.807, 2.05) is 47.4 Å². The number of fused-ring (bicyclic) bond motifs is 1. The van der Waals surface area contributed by atoms with E-state index >= 15 is 0 Å². The zero-order valence-corrected chi connectivity index (χ0v) is 16.9. The summed E-state index contributed by atoms with van der Waals surface area (Å²) < 4.78 is 13.7. The van der Waals surface area contributed by atoms with Crippen LogP contribution >= 0.6 is 0 Å². The number of amides is 1. The van der Waals surface area contributed by atoms with Gasteiger partial charge >= 0.3 is 0 Å². The number of aromatic nitrogens is 1. The average Bonchev–Trinajstić information content (AvgIpc) is 3.49. The predicted octanol–water partition coefficient (Wildman–Crippen LogP) is 4.29. The summed E-state index contributed by atoms with van der Waals surface area (Å²) in [5, 5.41) is 0. The Balaban J connectivity index is 1.35. The van der Waals surface area contributed by atoms with Crippen LogP contribution in [0.1, 0.15) is 40.5 Å². The quantitative estimate of drug-likeness (QED) is 0.639. The van der Waals surface area contributed by atoms with Gasteiger partial charge in [-0.1, -0.05) is 30.3 Å². The van der Waals surface area contributed by atoms with Crippen LogP contribution in [-0.2, 0) is 11.3 Å². The van der Waals surface area contributed by atoms with E-state index < -0.39 is 0 Å². The number of carbonyl (C=O) groups is 1. The van der Waals surface area contributed by atoms with Gasteiger partial charge in [-0.25, -0.2) is 0 Å². The van der Waals surface area contributed by atoms with Crippen molar-refractivity contribution in [2.75, 3.05) is 19.8 Å². The molecule has 0 N–H and O–H groups in total. The molecule has 1 fully saturated rings. The molecule has 2 aromatic carbocycles. The third-order valence-corrected chi connectivity index (χ3v) is 5.98. The normalized spacial score (nSPS) is 20.7. The lowest BCUT2D eigenvalue weighted by Gasteiger charge is -2.37. The molecule has 3 aromatic rings. The molecule has 1 saturated heterocycles. The number of hydrogen-bond donors (Lipinski definition) is 0. The van der Waals surface area contributed by atoms with E-state index in [9.17, 15) is 4.79 Å². The van der Waals surface area contributed by atoms with Crippen LogP contribution in [0.2, 0.25) is 0 Å². The molecular formula is C25H26N2O3. The summed E-state index contributed by atoms with van der Waals surface area (Å²) >= 11 is 0. The first kappa shape index (κ1) is 18.9. The van der Waals surface area contributed by atoms with E-state index in [4.69, 9.17) is 9.47 Å². The molecule has 5 nitrogen and oxygen atoms in total. The van der Waals surface area contributed by atoms with Crippen molar-refractivity contribution in [1.82, 2.24) is 9.47 Å². The number of carbonyl (C=O) groups excluding carboxylic acids is 1. The standard InChI is InChI=1S/C25H26N2O3/c28-25(20-10-12-21(13-11-20)30-18-22-8-5-17-29-22)27-16-15-26-14-4-9-23(26)24(27)19-6-2-1-3-7-19/h1-4,6-7,9-14,22,24H,5,8,15-18H2/t22-,24+/m1/s1. The highest BCUT2D eigenvalue weighted by Gasteiger charge is 2.32. The Labute approximate surface area is 176 Å². The van der Waals surface area contributed by atoms with Crippen molar-refractivity contribution >= 4 is 5.91 Å². The highest BCUT2D eigenvalue weighted by Crippen LogP contribution is 2.33. The SMILES string of the molecule is O=C(c1ccc(OC[C@H]2CCCO2)cc1)N1CCn2cccc2[C@@H]1c1ccccc1. The fourth-order valence-corrected chi connectivity index (χ4v) is 4.41. The maximum absolute atomic E-state index is 13.4. The fourth-order valence-electron chi connectivity index (χ4n) is 4.41. The summed E-state index contributed by atoms with van der Waals surface area (Å²) in [6, 6.07) is 21.8. The molecule has 1 amide bonds. The minimum Gasteiger partial charge on any atom is -0.491 e. The molecule has 154 valence electrons. The highest BCUT2D eigenvalue weighted by atomic mass is 16.5. The molecule has 3 heterocycles. The molecule has 5 rings (SSSR count). The molecular weight excluding hydrogens is 376 g/mol. The van der Waals surface area contributed by atoms with Gasteiger partial charge in [0, 0.05) is 37.2 Å². The Kier molecular flexibility index (Phi) is 5.28. The minimum absolute atomic E-state index is 0.0435. The van der Waals surface area contributed by atoms with Crippen molar-refractivity contribution in [3.8, 4) is 5.75 Å². The Morgan fingerprint density at radius 2 is 1.83 bits per heavy atom. The van der Waals surface area contributed by atoms with Crippen LogP contribution in [0.5, 0.6) is 5.75 Å². The van der Waals surface area contributed by atoms with Crippen molar-refractivity contribution in [3.63, 3.8) is 0 Å². The minimum atomic E-state index is -0.0853. The van der Waals surface area contributed by atoms with Gasteiger partial charge in [-0.15, -0.1) is 0 Å². The van der Waals surface area contributed by atoms with Crippen molar-refractivity contribution in [2.24, 2.45) is 0 Å². The van der Waals surface area contributed by atoms with E-state index in [1.54, 1.807) is 0 Å². The number of ether oxygens (including phenoxy) is 2. The topological polar surface area (TPSA) is 43.7 Å². The zero-order chi connectivity index (χ0) is 20.3. The summed E-state index contributed by atoms with van der Waals surface area (Å²) in [7, 11) is 0. The Morgan fingerprint density at radius 1 is 1.00 bits per heavy atom. The van der Waals surface area contributed by atoms with Crippen molar-refractivity contribution in [3.05, 3.63) is 89.7 Å². The van der Waals surface area contributed by atoms with Crippen LogP contribution < -0.4 is 4.74 Å². The van der Waals surface area contributed by atoms with Crippen LogP contribution in [0.3, 0.4) is 0 Å². The Hall–Kier alpha value is -3.05. The predicted molar refractivity (Wildman–Crippen MR) is 115 cm³/mol. The second kappa shape index (κ2) is 8.36. The van der Waals surface area contributed by atoms with Gasteiger partial charge < -0.3 is 18.9 Å². The van der Waals surface area contributed by atoms with Crippen molar-refractivity contribution in [1.29, 1.82) is 0 Å². The third-order valence-electron chi connectivity index (χ3n) is 5.98. The molecule has 30 heavy (non-hydrogen) atoms. The summed E-state index contributed by atoms with van der Waals surface area (Å²) in [5.41, 5.74) is 2.96. The summed E-state index contributed by atoms with van der Waals surface area (Å²) in [5.74, 6) is 0.816. The Morgan fingerprint density at radius 3 is 2.60 bits per heavy atom. The summed E-state index contributed by atoms with van der Waals surface area (Å²) in [4.78, 5) is 15.4. The van der Waals surface area contributed by atoms with Gasteiger partial charge in [-0.2, -0.15) is 0 Å². The summed E-state index contributed by atoms with van der Waals surface area (Å²) in [6.45, 7) is 2.87. The number of rotatable bonds is 5. The van der Waals surface area contributed by atoms with Crippen LogP contribution in [-0.4, -0.2) is 41.2 Å². The molecule has 5 heteroatoms. The van der Waals surface area contributed by atoms with E-state index in [-0.39, 0.29) is 18.1 Å². The van der Waals surface area contributed by atoms with E-state index in [0.29, 0.717) is 18.7 Å². The molecule has 2 aliphatic rings. The molecule has 2 atom stereocenters. The lowest BCUT2D eigenvalue weighted by molar-refractivity contribution is 0.0660. The van der Waals surface area contributed by atoms with Crippen molar-refractivity contribution in [2.45, 2.75) is 31.5 Å². The fraction of sp³-hybridized carbons (Fsp3) is 0.320. The van der Waals surface area contributed by atoms with Gasteiger partial charge in [0.25, 0.3) is 5.91 Å². The third kappa shape index (κ3) is 3.73. The van der Waals surface area contributed by atoms with E-state index in [1.165, 1.54) is 0 Å². The van der Waals surface area contributed by atoms with Crippen LogP contribution in [0.4, 0.5) is 0 Å². The lowest BCUT2D eigenvalue weighted by Crippen LogP contribution is -2.42. The first-order valence-electron chi connectivity index (χ1n) is 10.6. The van der Waals surface area contributed by atoms with Gasteiger partial charge in [0.2, 0.25) is 0 Å². The molecule has 0 saturated carbocycles. The second-order valence-electron chi connectivity index (χ2n) is 7.91. The highest BCUT2D eigenvalue weighted by molar-refractivity contribution is 5.95. The lowest BCUT2D eigenvalue weighted by atomic mass is 9.99. The smallest absolute Gasteiger partial charge is 0.254 e. The van der Waals surface area contributed by atoms with Gasteiger partial charge in [-0.3, -0.25) is 4.79 Å². The number of hydrogen-bond acceptors (Lipinski definition) is 3. The number of nitrogens with zero attached hydrogens (tertiary/aromatic N) is 2. The average molecular weight is 402 g/mol. The first-order chi connectivity index (χ1) is 14.8. The van der Waals surface area contributed by atoms with E-state index in [0.717, 1.165) is 43.0 Å². The number of benzene rings is 2. The van der Waals surface area contributed by atoms with Gasteiger partial charge in [0.1, 0.15) is 12.4 Å². The van der Waals surface area contributed by atoms with Crippen molar-refractivity contribution < 1.29 is 14.3 Å². The first-order valence-corrected chi connectivity index (χ1v) is 10.6. The molecule has 1 aromatic heterocycles. The zero-order valence-electron chi connectivity index (χ0n) is 16.9. The van der Waals surface area contributed by atoms with Crippen LogP contribution in [0.25, 0.3) is 0 Å². The molecule has 0 aliphatic carbocycles. The Bertz CT molecular complexity index is 991. The van der Waals surface area contributed by atoms with Crippen LogP contribution in [0, 0.1) is 0 Å². The van der Waals surface area contributed by atoms with Gasteiger partial charge in [0.15, 0.2) is 0 Å². The molecule has 2 aliphatic heterocycles. The maximum atomic E-state index is 13.4. The second-order valence-corrected chi connectivity index (χ2v) is 7.91. The monoisotopic (exact) mass is 402 g/mol. The molecule has 0 bridgehead atoms. The van der Waals surface area contributed by atoms with E-state index in [2.05, 4.69) is 35.0 Å².